The Morgan fingerprint density at radius 1 is 1.06 bits per heavy atom. The molecule has 15 nitrogen and oxygen atoms in total. The lowest BCUT2D eigenvalue weighted by atomic mass is 10.00. The second kappa shape index (κ2) is 14.9. The molecule has 0 radical (unpaired) electrons. The van der Waals surface area contributed by atoms with Gasteiger partial charge in [0.2, 0.25) is 17.7 Å². The molecule has 3 aliphatic heterocycles. The number of fused-ring (bicyclic) bond motifs is 3. The number of halogens is 3. The van der Waals surface area contributed by atoms with Crippen LogP contribution in [0.15, 0.2) is 18.2 Å². The largest absolute Gasteiger partial charge is 0.444 e. The Morgan fingerprint density at radius 3 is 2.43 bits per heavy atom. The summed E-state index contributed by atoms with van der Waals surface area (Å²) in [6.07, 6.45) is -4.65. The number of carbonyl (C=O) groups excluding carboxylic acids is 5. The third-order valence-electron chi connectivity index (χ3n) is 9.99. The van der Waals surface area contributed by atoms with Crippen LogP contribution in [0.3, 0.4) is 0 Å². The molecule has 1 aromatic carbocycles. The molecule has 0 spiro atoms. The number of alkyl halides is 2. The van der Waals surface area contributed by atoms with Crippen LogP contribution in [-0.4, -0.2) is 108 Å². The van der Waals surface area contributed by atoms with E-state index in [1.54, 1.807) is 26.8 Å². The zero-order chi connectivity index (χ0) is 39.1. The van der Waals surface area contributed by atoms with E-state index in [4.69, 9.17) is 9.47 Å². The summed E-state index contributed by atoms with van der Waals surface area (Å²) in [4.78, 5) is 70.3. The van der Waals surface area contributed by atoms with Crippen LogP contribution in [0.25, 0.3) is 0 Å². The first-order valence-corrected chi connectivity index (χ1v) is 19.0. The average Bonchev–Trinajstić information content (AvgIpc) is 3.35. The van der Waals surface area contributed by atoms with E-state index >= 15 is 8.78 Å². The number of benzene rings is 1. The molecule has 5 atom stereocenters. The highest BCUT2D eigenvalue weighted by Crippen LogP contribution is 2.48. The smallest absolute Gasteiger partial charge is 0.410 e. The zero-order valence-corrected chi connectivity index (χ0v) is 31.2. The molecule has 4 aliphatic rings. The molecule has 0 aromatic heterocycles. The molecule has 294 valence electrons. The predicted octanol–water partition coefficient (Wildman–Crippen LogP) is 2.93. The van der Waals surface area contributed by atoms with E-state index in [1.165, 1.54) is 31.1 Å². The summed E-state index contributed by atoms with van der Waals surface area (Å²) in [6.45, 7) is 4.31. The molecule has 2 saturated heterocycles. The number of hydrogen-bond acceptors (Lipinski definition) is 9. The number of hydrogen-bond donors (Lipinski definition) is 3. The molecule has 3 N–H and O–H groups in total. The molecule has 5 amide bonds. The van der Waals surface area contributed by atoms with Gasteiger partial charge in [0.15, 0.2) is 0 Å². The third-order valence-corrected chi connectivity index (χ3v) is 11.4. The quantitative estimate of drug-likeness (QED) is 0.405. The van der Waals surface area contributed by atoms with Gasteiger partial charge in [0, 0.05) is 45.5 Å². The Labute approximate surface area is 306 Å². The molecule has 0 unspecified atom stereocenters. The highest BCUT2D eigenvalue weighted by atomic mass is 32.2. The van der Waals surface area contributed by atoms with Crippen LogP contribution in [0.1, 0.15) is 83.3 Å². The summed E-state index contributed by atoms with van der Waals surface area (Å²) in [5.41, 5.74) is -1.82. The third kappa shape index (κ3) is 9.34. The Kier molecular flexibility index (Phi) is 11.3. The Hall–Kier alpha value is -4.13. The number of carbonyl (C=O) groups is 5. The van der Waals surface area contributed by atoms with Crippen molar-refractivity contribution in [2.75, 3.05) is 20.6 Å². The van der Waals surface area contributed by atoms with Gasteiger partial charge in [0.25, 0.3) is 5.91 Å². The van der Waals surface area contributed by atoms with Crippen molar-refractivity contribution in [2.24, 2.45) is 5.92 Å². The first-order chi connectivity index (χ1) is 24.6. The van der Waals surface area contributed by atoms with Gasteiger partial charge in [0.1, 0.15) is 35.1 Å². The van der Waals surface area contributed by atoms with Gasteiger partial charge in [-0.1, -0.05) is 18.6 Å². The maximum Gasteiger partial charge on any atom is 0.410 e. The van der Waals surface area contributed by atoms with E-state index in [2.05, 4.69) is 10.6 Å². The van der Waals surface area contributed by atoms with E-state index in [-0.39, 0.29) is 45.2 Å². The highest BCUT2D eigenvalue weighted by Gasteiger charge is 2.62. The van der Waals surface area contributed by atoms with E-state index in [0.717, 1.165) is 9.21 Å². The van der Waals surface area contributed by atoms with Crippen molar-refractivity contribution in [2.45, 2.75) is 120 Å². The van der Waals surface area contributed by atoms with Crippen molar-refractivity contribution in [3.05, 3.63) is 35.1 Å². The van der Waals surface area contributed by atoms with Gasteiger partial charge < -0.3 is 25.0 Å². The van der Waals surface area contributed by atoms with E-state index in [0.29, 0.717) is 11.1 Å². The fourth-order valence-corrected chi connectivity index (χ4v) is 7.63. The van der Waals surface area contributed by atoms with Gasteiger partial charge >= 0.3 is 22.4 Å². The van der Waals surface area contributed by atoms with Crippen LogP contribution in [-0.2, 0) is 47.2 Å². The molecular formula is C34H47F3N6O9S. The number of rotatable bonds is 5. The fourth-order valence-electron chi connectivity index (χ4n) is 7.03. The zero-order valence-electron chi connectivity index (χ0n) is 30.4. The Morgan fingerprint density at radius 2 is 1.77 bits per heavy atom. The first-order valence-electron chi connectivity index (χ1n) is 17.6. The van der Waals surface area contributed by atoms with Crippen molar-refractivity contribution < 1.29 is 55.0 Å². The molecule has 53 heavy (non-hydrogen) atoms. The lowest BCUT2D eigenvalue weighted by Gasteiger charge is -2.31. The summed E-state index contributed by atoms with van der Waals surface area (Å²) in [7, 11) is -1.88. The van der Waals surface area contributed by atoms with Gasteiger partial charge in [-0.15, -0.1) is 0 Å². The van der Waals surface area contributed by atoms with Crippen LogP contribution in [0.5, 0.6) is 0 Å². The minimum absolute atomic E-state index is 0.0118. The molecule has 1 saturated carbocycles. The van der Waals surface area contributed by atoms with Crippen molar-refractivity contribution in [3.8, 4) is 0 Å². The average molecular weight is 773 g/mol. The molecule has 3 fully saturated rings. The van der Waals surface area contributed by atoms with Gasteiger partial charge in [-0.3, -0.25) is 19.3 Å². The maximum absolute atomic E-state index is 15.2. The van der Waals surface area contributed by atoms with Gasteiger partial charge in [-0.25, -0.2) is 27.5 Å². The van der Waals surface area contributed by atoms with Crippen molar-refractivity contribution in [1.29, 1.82) is 0 Å². The van der Waals surface area contributed by atoms with Crippen LogP contribution in [0, 0.1) is 11.7 Å². The van der Waals surface area contributed by atoms with Crippen LogP contribution in [0.2, 0.25) is 0 Å². The minimum atomic E-state index is -4.29. The van der Waals surface area contributed by atoms with Crippen LogP contribution in [0.4, 0.5) is 22.8 Å². The SMILES string of the molecule is CN(C)S(=O)(=O)NC(=O)[C@@]12C[C@H]1CCCCC(F)(F)CC[C@H](NC(=O)OC(C)(C)C)C(=O)N1C[C@H](OC(=O)N3Cc4cccc(F)c4C3)C[C@H]1C(=O)N2. The predicted molar refractivity (Wildman–Crippen MR) is 182 cm³/mol. The van der Waals surface area contributed by atoms with E-state index in [9.17, 15) is 36.8 Å². The summed E-state index contributed by atoms with van der Waals surface area (Å²) in [6, 6.07) is 1.44. The number of nitrogens with zero attached hydrogens (tertiary/aromatic N) is 3. The highest BCUT2D eigenvalue weighted by molar-refractivity contribution is 7.87. The normalized spacial score (nSPS) is 27.7. The van der Waals surface area contributed by atoms with Crippen molar-refractivity contribution >= 4 is 40.1 Å². The van der Waals surface area contributed by atoms with Gasteiger partial charge in [0.05, 0.1) is 13.1 Å². The summed E-state index contributed by atoms with van der Waals surface area (Å²) < 4.78 is 83.7. The second-order valence-electron chi connectivity index (χ2n) is 15.4. The minimum Gasteiger partial charge on any atom is -0.444 e. The van der Waals surface area contributed by atoms with Crippen LogP contribution < -0.4 is 15.4 Å². The number of ether oxygens (including phenoxy) is 2. The lowest BCUT2D eigenvalue weighted by molar-refractivity contribution is -0.141. The van der Waals surface area contributed by atoms with E-state index in [1.807, 2.05) is 4.72 Å². The molecule has 0 bridgehead atoms. The topological polar surface area (TPSA) is 184 Å². The molecule has 1 aliphatic carbocycles. The first kappa shape index (κ1) is 40.1. The number of nitrogens with one attached hydrogen (secondary N) is 3. The Bertz CT molecular complexity index is 1740. The van der Waals surface area contributed by atoms with Gasteiger partial charge in [-0.2, -0.15) is 12.7 Å². The second-order valence-corrected chi connectivity index (χ2v) is 17.3. The summed E-state index contributed by atoms with van der Waals surface area (Å²) in [5, 5.41) is 5.03. The molecule has 19 heteroatoms. The van der Waals surface area contributed by atoms with Gasteiger partial charge in [-0.05, 0) is 64.0 Å². The maximum atomic E-state index is 15.2. The molecule has 1 aromatic rings. The molecular weight excluding hydrogens is 725 g/mol. The standard InChI is InChI=1S/C34H47F3N6O9S/c1-32(2,3)52-30(47)38-25-12-14-33(36,37)13-7-6-10-21-16-34(21,29(46)40-53(49,50)41(4)5)39-27(44)26-15-22(18-43(26)28(25)45)51-31(48)42-17-20-9-8-11-24(35)23(20)19-42/h8-9,11,21-22,25-26H,6-7,10,12-19H2,1-5H3,(H,38,47)(H,39,44)(H,40,46)/t21-,22-,25+,26+,34-/m1/s1. The van der Waals surface area contributed by atoms with E-state index < -0.39 is 113 Å². The number of amides is 5. The molecule has 3 heterocycles. The molecule has 5 rings (SSSR count). The lowest BCUT2D eigenvalue weighted by Crippen LogP contribution is -2.59. The van der Waals surface area contributed by atoms with Crippen molar-refractivity contribution in [1.82, 2.24) is 29.5 Å². The van der Waals surface area contributed by atoms with Crippen molar-refractivity contribution in [3.63, 3.8) is 0 Å². The Balaban J connectivity index is 1.44. The fraction of sp³-hybridized carbons (Fsp3) is 0.676. The summed E-state index contributed by atoms with van der Waals surface area (Å²) in [5.74, 6) is -7.16. The number of alkyl carbamates (subject to hydrolysis) is 1. The van der Waals surface area contributed by atoms with Crippen LogP contribution >= 0.6 is 0 Å². The summed E-state index contributed by atoms with van der Waals surface area (Å²) >= 11 is 0. The monoisotopic (exact) mass is 772 g/mol.